The van der Waals surface area contributed by atoms with Crippen LogP contribution >= 0.6 is 0 Å². The Hall–Kier alpha value is -1.93. The molecule has 8 heteroatoms. The van der Waals surface area contributed by atoms with Crippen molar-refractivity contribution in [2.24, 2.45) is 5.41 Å². The number of aliphatic hydroxyl groups is 1. The summed E-state index contributed by atoms with van der Waals surface area (Å²) in [5.74, 6) is -0.395. The van der Waals surface area contributed by atoms with Crippen molar-refractivity contribution >= 4 is 5.97 Å². The lowest BCUT2D eigenvalue weighted by atomic mass is 9.97. The van der Waals surface area contributed by atoms with Crippen molar-refractivity contribution in [3.05, 3.63) is 32.6 Å². The molecule has 1 aliphatic heterocycles. The van der Waals surface area contributed by atoms with Crippen LogP contribution in [-0.2, 0) is 14.3 Å². The predicted molar refractivity (Wildman–Crippen MR) is 81.0 cm³/mol. The summed E-state index contributed by atoms with van der Waals surface area (Å²) in [4.78, 5) is 37.2. The van der Waals surface area contributed by atoms with E-state index in [2.05, 4.69) is 4.98 Å². The van der Waals surface area contributed by atoms with Gasteiger partial charge >= 0.3 is 11.7 Å². The molecule has 0 amide bonds. The highest BCUT2D eigenvalue weighted by Gasteiger charge is 2.37. The average Bonchev–Trinajstić information content (AvgIpc) is 2.80. The van der Waals surface area contributed by atoms with Gasteiger partial charge in [-0.25, -0.2) is 4.79 Å². The third-order valence-corrected chi connectivity index (χ3v) is 3.65. The molecular formula is C15H22N2O6. The molecule has 1 aromatic rings. The Balaban J connectivity index is 2.07. The van der Waals surface area contributed by atoms with Crippen molar-refractivity contribution in [1.82, 2.24) is 9.55 Å². The van der Waals surface area contributed by atoms with Gasteiger partial charge in [0.2, 0.25) is 0 Å². The highest BCUT2D eigenvalue weighted by Crippen LogP contribution is 2.28. The van der Waals surface area contributed by atoms with Gasteiger partial charge in [-0.15, -0.1) is 0 Å². The summed E-state index contributed by atoms with van der Waals surface area (Å²) < 4.78 is 12.0. The molecule has 2 heterocycles. The average molecular weight is 326 g/mol. The van der Waals surface area contributed by atoms with Gasteiger partial charge in [-0.1, -0.05) is 0 Å². The molecule has 0 saturated carbocycles. The summed E-state index contributed by atoms with van der Waals surface area (Å²) in [7, 11) is 0. The quantitative estimate of drug-likeness (QED) is 0.761. The van der Waals surface area contributed by atoms with Gasteiger partial charge in [0.05, 0.1) is 11.5 Å². The van der Waals surface area contributed by atoms with Crippen LogP contribution in [0.25, 0.3) is 0 Å². The van der Waals surface area contributed by atoms with Crippen molar-refractivity contribution in [2.45, 2.75) is 52.6 Å². The molecule has 1 aromatic heterocycles. The Bertz CT molecular complexity index is 699. The maximum absolute atomic E-state index is 11.9. The Morgan fingerprint density at radius 2 is 2.13 bits per heavy atom. The van der Waals surface area contributed by atoms with Gasteiger partial charge in [-0.05, 0) is 27.7 Å². The first-order valence-electron chi connectivity index (χ1n) is 7.42. The minimum Gasteiger partial charge on any atom is -0.462 e. The van der Waals surface area contributed by atoms with Crippen LogP contribution in [0.15, 0.2) is 15.8 Å². The highest BCUT2D eigenvalue weighted by molar-refractivity contribution is 5.75. The monoisotopic (exact) mass is 326 g/mol. The standard InChI is InChI=1S/C15H22N2O6/c1-8-6-17(14(21)16-12(8)19)11-5-9(18)10(23-11)7-22-13(20)15(2,3)4/h6,9-11,18H,5,7H2,1-4H3,(H,16,19,21)/t9-,10+,11+/m1/s1. The molecule has 0 bridgehead atoms. The Morgan fingerprint density at radius 1 is 1.48 bits per heavy atom. The molecule has 1 saturated heterocycles. The molecule has 2 rings (SSSR count). The molecule has 2 N–H and O–H groups in total. The second-order valence-corrected chi connectivity index (χ2v) is 6.76. The van der Waals surface area contributed by atoms with Gasteiger partial charge in [0.1, 0.15) is 18.9 Å². The fourth-order valence-corrected chi connectivity index (χ4v) is 2.21. The number of hydrogen-bond acceptors (Lipinski definition) is 6. The Kier molecular flexibility index (Phi) is 4.76. The van der Waals surface area contributed by atoms with E-state index in [1.807, 2.05) is 0 Å². The van der Waals surface area contributed by atoms with E-state index in [1.54, 1.807) is 27.7 Å². The Morgan fingerprint density at radius 3 is 2.74 bits per heavy atom. The minimum atomic E-state index is -0.869. The van der Waals surface area contributed by atoms with Crippen LogP contribution in [0, 0.1) is 12.3 Å². The van der Waals surface area contributed by atoms with E-state index in [1.165, 1.54) is 10.8 Å². The normalized spacial score (nSPS) is 24.7. The largest absolute Gasteiger partial charge is 0.462 e. The third kappa shape index (κ3) is 3.89. The van der Waals surface area contributed by atoms with Gasteiger partial charge in [0.15, 0.2) is 0 Å². The number of hydrogen-bond donors (Lipinski definition) is 2. The first-order chi connectivity index (χ1) is 10.6. The van der Waals surface area contributed by atoms with E-state index in [0.717, 1.165) is 0 Å². The number of nitrogens with one attached hydrogen (secondary N) is 1. The number of aromatic amines is 1. The maximum atomic E-state index is 11.9. The molecule has 0 aliphatic carbocycles. The van der Waals surface area contributed by atoms with Crippen LogP contribution in [0.1, 0.15) is 39.0 Å². The summed E-state index contributed by atoms with van der Waals surface area (Å²) >= 11 is 0. The number of aryl methyl sites for hydroxylation is 1. The molecule has 3 atom stereocenters. The lowest BCUT2D eigenvalue weighted by molar-refractivity contribution is -0.159. The second-order valence-electron chi connectivity index (χ2n) is 6.76. The summed E-state index contributed by atoms with van der Waals surface area (Å²) in [6.07, 6.45) is -0.741. The lowest BCUT2D eigenvalue weighted by Gasteiger charge is -2.20. The molecule has 0 aromatic carbocycles. The smallest absolute Gasteiger partial charge is 0.330 e. The van der Waals surface area contributed by atoms with E-state index in [-0.39, 0.29) is 13.0 Å². The van der Waals surface area contributed by atoms with E-state index < -0.39 is 41.1 Å². The number of aliphatic hydroxyl groups excluding tert-OH is 1. The molecule has 0 spiro atoms. The first-order valence-corrected chi connectivity index (χ1v) is 7.42. The van der Waals surface area contributed by atoms with Crippen LogP contribution in [0.3, 0.4) is 0 Å². The summed E-state index contributed by atoms with van der Waals surface area (Å²) in [6, 6.07) is 0. The van der Waals surface area contributed by atoms with E-state index in [0.29, 0.717) is 5.56 Å². The topological polar surface area (TPSA) is 111 Å². The molecule has 0 radical (unpaired) electrons. The number of ether oxygens (including phenoxy) is 2. The van der Waals surface area contributed by atoms with E-state index in [4.69, 9.17) is 9.47 Å². The van der Waals surface area contributed by atoms with Gasteiger partial charge in [-0.3, -0.25) is 19.1 Å². The number of rotatable bonds is 3. The molecule has 8 nitrogen and oxygen atoms in total. The number of aromatic nitrogens is 2. The van der Waals surface area contributed by atoms with Crippen LogP contribution in [0.5, 0.6) is 0 Å². The second kappa shape index (κ2) is 6.29. The van der Waals surface area contributed by atoms with Gasteiger partial charge < -0.3 is 14.6 Å². The maximum Gasteiger partial charge on any atom is 0.330 e. The summed E-state index contributed by atoms with van der Waals surface area (Å²) in [5, 5.41) is 10.0. The number of carbonyl (C=O) groups excluding carboxylic acids is 1. The molecule has 0 unspecified atom stereocenters. The predicted octanol–water partition coefficient (Wildman–Crippen LogP) is 0.0827. The van der Waals surface area contributed by atoms with Crippen molar-refractivity contribution in [2.75, 3.05) is 6.61 Å². The minimum absolute atomic E-state index is 0.0924. The SMILES string of the molecule is Cc1cn([C@@H]2C[C@@H](O)[C@H](COC(=O)C(C)(C)C)O2)c(=O)[nH]c1=O. The van der Waals surface area contributed by atoms with Crippen LogP contribution in [-0.4, -0.2) is 39.4 Å². The lowest BCUT2D eigenvalue weighted by Crippen LogP contribution is -2.34. The highest BCUT2D eigenvalue weighted by atomic mass is 16.6. The number of carbonyl (C=O) groups is 1. The van der Waals surface area contributed by atoms with Crippen LogP contribution < -0.4 is 11.2 Å². The summed E-state index contributed by atoms with van der Waals surface area (Å²) in [6.45, 7) is 6.67. The van der Waals surface area contributed by atoms with Crippen molar-refractivity contribution in [1.29, 1.82) is 0 Å². The Labute approximate surface area is 133 Å². The van der Waals surface area contributed by atoms with Crippen LogP contribution in [0.2, 0.25) is 0 Å². The number of esters is 1. The van der Waals surface area contributed by atoms with Crippen LogP contribution in [0.4, 0.5) is 0 Å². The molecule has 1 fully saturated rings. The third-order valence-electron chi connectivity index (χ3n) is 3.65. The zero-order valence-electron chi connectivity index (χ0n) is 13.7. The van der Waals surface area contributed by atoms with Gasteiger partial charge in [0.25, 0.3) is 5.56 Å². The molecule has 128 valence electrons. The van der Waals surface area contributed by atoms with Gasteiger partial charge in [0, 0.05) is 18.2 Å². The van der Waals surface area contributed by atoms with E-state index >= 15 is 0 Å². The van der Waals surface area contributed by atoms with Crippen molar-refractivity contribution < 1.29 is 19.4 Å². The molecule has 1 aliphatic rings. The first kappa shape index (κ1) is 17.4. The van der Waals surface area contributed by atoms with E-state index in [9.17, 15) is 19.5 Å². The zero-order valence-corrected chi connectivity index (χ0v) is 13.7. The zero-order chi connectivity index (χ0) is 17.4. The molecular weight excluding hydrogens is 304 g/mol. The fraction of sp³-hybridized carbons (Fsp3) is 0.667. The van der Waals surface area contributed by atoms with Gasteiger partial charge in [-0.2, -0.15) is 0 Å². The summed E-state index contributed by atoms with van der Waals surface area (Å²) in [5.41, 5.74) is -1.34. The van der Waals surface area contributed by atoms with Crippen molar-refractivity contribution in [3.63, 3.8) is 0 Å². The van der Waals surface area contributed by atoms with Crippen molar-refractivity contribution in [3.8, 4) is 0 Å². The molecule has 23 heavy (non-hydrogen) atoms. The fourth-order valence-electron chi connectivity index (χ4n) is 2.21. The number of H-pyrrole nitrogens is 1. The number of nitrogens with zero attached hydrogens (tertiary/aromatic N) is 1.